The lowest BCUT2D eigenvalue weighted by Gasteiger charge is -2.36. The van der Waals surface area contributed by atoms with Crippen LogP contribution in [0.4, 0.5) is 29.7 Å². The number of halogens is 2. The summed E-state index contributed by atoms with van der Waals surface area (Å²) in [7, 11) is 1.56. The first kappa shape index (κ1) is 25.2. The van der Waals surface area contributed by atoms with Crippen molar-refractivity contribution in [1.82, 2.24) is 10.6 Å². The van der Waals surface area contributed by atoms with Gasteiger partial charge in [-0.15, -0.1) is 0 Å². The quantitative estimate of drug-likeness (QED) is 0.399. The zero-order valence-electron chi connectivity index (χ0n) is 18.6. The molecule has 0 unspecified atom stereocenters. The molecule has 0 aromatic heterocycles. The minimum atomic E-state index is -0.743. The Bertz CT molecular complexity index is 976. The molecule has 1 aliphatic heterocycles. The summed E-state index contributed by atoms with van der Waals surface area (Å²) in [6, 6.07) is 8.18. The third-order valence-electron chi connectivity index (χ3n) is 5.39. The van der Waals surface area contributed by atoms with Crippen LogP contribution < -0.4 is 26.0 Å². The zero-order chi connectivity index (χ0) is 24.5. The van der Waals surface area contributed by atoms with Crippen molar-refractivity contribution >= 4 is 23.4 Å². The van der Waals surface area contributed by atoms with Gasteiger partial charge in [0.2, 0.25) is 0 Å². The number of nitrogens with one attached hydrogen (secondary N) is 4. The fourth-order valence-electron chi connectivity index (χ4n) is 3.63. The van der Waals surface area contributed by atoms with Gasteiger partial charge in [-0.25, -0.2) is 18.4 Å². The van der Waals surface area contributed by atoms with Crippen molar-refractivity contribution in [3.8, 4) is 5.75 Å². The van der Waals surface area contributed by atoms with Crippen LogP contribution in [-0.2, 0) is 4.74 Å². The molecule has 0 saturated carbocycles. The summed E-state index contributed by atoms with van der Waals surface area (Å²) in [5, 5.41) is 20.1. The fraction of sp³-hybridized carbons (Fsp3) is 0.391. The van der Waals surface area contributed by atoms with Crippen LogP contribution in [0.3, 0.4) is 0 Å². The molecule has 0 radical (unpaired) electrons. The number of rotatable bonds is 8. The second-order valence-corrected chi connectivity index (χ2v) is 7.78. The van der Waals surface area contributed by atoms with Crippen LogP contribution in [0.15, 0.2) is 42.5 Å². The highest BCUT2D eigenvalue weighted by atomic mass is 19.1. The average Bonchev–Trinajstić information content (AvgIpc) is 2.82. The predicted octanol–water partition coefficient (Wildman–Crippen LogP) is 3.22. The highest BCUT2D eigenvalue weighted by Crippen LogP contribution is 2.22. The third-order valence-corrected chi connectivity index (χ3v) is 5.39. The van der Waals surface area contributed by atoms with E-state index >= 15 is 0 Å². The molecule has 3 rings (SSSR count). The van der Waals surface area contributed by atoms with Crippen molar-refractivity contribution in [2.75, 3.05) is 30.9 Å². The van der Waals surface area contributed by atoms with Crippen molar-refractivity contribution < 1.29 is 33.0 Å². The van der Waals surface area contributed by atoms with E-state index in [2.05, 4.69) is 21.3 Å². The number of methoxy groups -OCH3 is 1. The number of carbonyl (C=O) groups excluding carboxylic acids is 2. The highest BCUT2D eigenvalue weighted by molar-refractivity contribution is 5.90. The molecule has 4 amide bonds. The Morgan fingerprint density at radius 2 is 1.85 bits per heavy atom. The molecule has 9 nitrogen and oxygen atoms in total. The minimum Gasteiger partial charge on any atom is -0.497 e. The minimum absolute atomic E-state index is 0.224. The Hall–Kier alpha value is -3.44. The van der Waals surface area contributed by atoms with E-state index in [-0.39, 0.29) is 31.0 Å². The van der Waals surface area contributed by atoms with Crippen LogP contribution in [-0.4, -0.2) is 55.7 Å². The summed E-state index contributed by atoms with van der Waals surface area (Å²) in [5.41, 5.74) is 0.338. The van der Waals surface area contributed by atoms with Crippen molar-refractivity contribution in [2.45, 2.75) is 37.5 Å². The number of ether oxygens (including phenoxy) is 2. The lowest BCUT2D eigenvalue weighted by molar-refractivity contribution is -0.0885. The average molecular weight is 478 g/mol. The van der Waals surface area contributed by atoms with Crippen molar-refractivity contribution in [3.63, 3.8) is 0 Å². The zero-order valence-corrected chi connectivity index (χ0v) is 18.6. The lowest BCUT2D eigenvalue weighted by Crippen LogP contribution is -2.52. The van der Waals surface area contributed by atoms with Gasteiger partial charge in [-0.3, -0.25) is 0 Å². The normalized spacial score (nSPS) is 19.7. The number of hydrogen-bond acceptors (Lipinski definition) is 5. The van der Waals surface area contributed by atoms with Gasteiger partial charge in [-0.1, -0.05) is 0 Å². The molecule has 2 aromatic rings. The van der Waals surface area contributed by atoms with E-state index < -0.39 is 29.8 Å². The van der Waals surface area contributed by atoms with Gasteiger partial charge in [0, 0.05) is 18.3 Å². The second-order valence-electron chi connectivity index (χ2n) is 7.78. The Labute approximate surface area is 195 Å². The summed E-state index contributed by atoms with van der Waals surface area (Å²) in [4.78, 5) is 24.3. The number of hydrogen-bond donors (Lipinski definition) is 5. The Morgan fingerprint density at radius 3 is 2.56 bits per heavy atom. The molecule has 0 bridgehead atoms. The number of aliphatic hydroxyl groups excluding tert-OH is 1. The van der Waals surface area contributed by atoms with E-state index in [1.54, 1.807) is 31.4 Å². The number of amides is 4. The summed E-state index contributed by atoms with van der Waals surface area (Å²) in [6.07, 6.45) is 0.778. The Kier molecular flexibility index (Phi) is 9.00. The van der Waals surface area contributed by atoms with Crippen LogP contribution in [0.25, 0.3) is 0 Å². The maximum absolute atomic E-state index is 13.6. The van der Waals surface area contributed by atoms with Gasteiger partial charge < -0.3 is 35.8 Å². The first-order valence-corrected chi connectivity index (χ1v) is 10.9. The number of carbonyl (C=O) groups is 2. The maximum Gasteiger partial charge on any atom is 0.319 e. The van der Waals surface area contributed by atoms with E-state index in [1.165, 1.54) is 0 Å². The van der Waals surface area contributed by atoms with Crippen molar-refractivity contribution in [1.29, 1.82) is 0 Å². The summed E-state index contributed by atoms with van der Waals surface area (Å²) >= 11 is 0. The largest absolute Gasteiger partial charge is 0.497 e. The molecule has 0 spiro atoms. The van der Waals surface area contributed by atoms with Crippen LogP contribution in [0.5, 0.6) is 5.75 Å². The molecule has 34 heavy (non-hydrogen) atoms. The van der Waals surface area contributed by atoms with Crippen LogP contribution in [0.1, 0.15) is 19.3 Å². The number of aliphatic hydroxyl groups is 1. The highest BCUT2D eigenvalue weighted by Gasteiger charge is 2.31. The van der Waals surface area contributed by atoms with Gasteiger partial charge in [0.05, 0.1) is 31.5 Å². The SMILES string of the molecule is COc1ccc(NC(=O)N[C@@H]2CC[C@H](CCNC(=O)Nc3cc(F)ccc3F)O[C@@H]2CO)cc1. The summed E-state index contributed by atoms with van der Waals surface area (Å²) < 4.78 is 37.8. The molecule has 5 N–H and O–H groups in total. The molecule has 3 atom stereocenters. The molecule has 0 aliphatic carbocycles. The van der Waals surface area contributed by atoms with E-state index in [0.29, 0.717) is 30.7 Å². The van der Waals surface area contributed by atoms with Gasteiger partial charge in [0.25, 0.3) is 0 Å². The Morgan fingerprint density at radius 1 is 1.09 bits per heavy atom. The van der Waals surface area contributed by atoms with E-state index in [4.69, 9.17) is 9.47 Å². The van der Waals surface area contributed by atoms with Crippen molar-refractivity contribution in [2.24, 2.45) is 0 Å². The number of urea groups is 2. The van der Waals surface area contributed by atoms with Gasteiger partial charge >= 0.3 is 12.1 Å². The fourth-order valence-corrected chi connectivity index (χ4v) is 3.63. The van der Waals surface area contributed by atoms with Gasteiger partial charge in [-0.2, -0.15) is 0 Å². The monoisotopic (exact) mass is 478 g/mol. The topological polar surface area (TPSA) is 121 Å². The smallest absolute Gasteiger partial charge is 0.319 e. The van der Waals surface area contributed by atoms with Crippen LogP contribution in [0.2, 0.25) is 0 Å². The first-order chi connectivity index (χ1) is 16.4. The molecule has 1 heterocycles. The predicted molar refractivity (Wildman–Crippen MR) is 122 cm³/mol. The number of benzene rings is 2. The summed E-state index contributed by atoms with van der Waals surface area (Å²) in [6.45, 7) is -0.0572. The van der Waals surface area contributed by atoms with Gasteiger partial charge in [0.15, 0.2) is 0 Å². The van der Waals surface area contributed by atoms with Gasteiger partial charge in [-0.05, 0) is 55.7 Å². The van der Waals surface area contributed by atoms with Crippen molar-refractivity contribution in [3.05, 3.63) is 54.1 Å². The lowest BCUT2D eigenvalue weighted by atomic mass is 9.97. The second kappa shape index (κ2) is 12.1. The standard InChI is InChI=1S/C23H28F2N4O5/c1-33-16-5-3-15(4-6-16)27-23(32)28-19-9-7-17(34-21(19)13-30)10-11-26-22(31)29-20-12-14(24)2-8-18(20)25/h2-6,8,12,17,19,21,30H,7,9-11,13H2,1H3,(H2,26,29,31)(H2,27,28,32)/t17-,19-,21-/m1/s1. The van der Waals surface area contributed by atoms with Crippen LogP contribution >= 0.6 is 0 Å². The maximum atomic E-state index is 13.6. The van der Waals surface area contributed by atoms with Gasteiger partial charge in [0.1, 0.15) is 23.5 Å². The molecule has 2 aromatic carbocycles. The molecule has 11 heteroatoms. The van der Waals surface area contributed by atoms with E-state index in [0.717, 1.165) is 18.2 Å². The molecule has 1 fully saturated rings. The van der Waals surface area contributed by atoms with Crippen LogP contribution in [0, 0.1) is 11.6 Å². The first-order valence-electron chi connectivity index (χ1n) is 10.9. The molecular weight excluding hydrogens is 450 g/mol. The molecule has 184 valence electrons. The van der Waals surface area contributed by atoms with E-state index in [1.807, 2.05) is 0 Å². The third kappa shape index (κ3) is 7.29. The summed E-state index contributed by atoms with van der Waals surface area (Å²) in [5.74, 6) is -0.734. The molecule has 1 aliphatic rings. The molecular formula is C23H28F2N4O5. The Balaban J connectivity index is 1.40. The number of anilines is 2. The molecule has 1 saturated heterocycles. The van der Waals surface area contributed by atoms with E-state index in [9.17, 15) is 23.5 Å².